The molecule has 0 fully saturated rings. The number of hydrogen-bond acceptors (Lipinski definition) is 3. The van der Waals surface area contributed by atoms with Crippen molar-refractivity contribution in [2.45, 2.75) is 6.92 Å². The number of non-ortho nitro benzene ring substituents is 1. The van der Waals surface area contributed by atoms with Crippen molar-refractivity contribution < 1.29 is 4.92 Å². The summed E-state index contributed by atoms with van der Waals surface area (Å²) >= 11 is 0. The van der Waals surface area contributed by atoms with E-state index >= 15 is 0 Å². The topological polar surface area (TPSA) is 60.4 Å². The Kier molecular flexibility index (Phi) is 6.05. The molecule has 0 spiro atoms. The van der Waals surface area contributed by atoms with E-state index in [1.54, 1.807) is 12.1 Å². The van der Waals surface area contributed by atoms with Crippen molar-refractivity contribution in [2.75, 3.05) is 0 Å². The summed E-state index contributed by atoms with van der Waals surface area (Å²) in [4.78, 5) is 15.5. The smallest absolute Gasteiger partial charge is 0.269 e. The highest BCUT2D eigenvalue weighted by Gasteiger charge is 2.18. The van der Waals surface area contributed by atoms with E-state index in [1.807, 2.05) is 67.7 Å². The van der Waals surface area contributed by atoms with Crippen LogP contribution in [-0.4, -0.2) is 15.7 Å². The lowest BCUT2D eigenvalue weighted by atomic mass is 10.1. The predicted octanol–water partition coefficient (Wildman–Crippen LogP) is 7.78. The SMILES string of the molecule is Cc1cc([N+](=O)[O-])ccc1N=Cc1cc(-c2ccccc2)n(-c2ccccc2)c1-c1ccccc1. The van der Waals surface area contributed by atoms with Crippen LogP contribution >= 0.6 is 0 Å². The molecule has 0 atom stereocenters. The average molecular weight is 458 g/mol. The summed E-state index contributed by atoms with van der Waals surface area (Å²) in [5, 5.41) is 11.1. The molecule has 5 aromatic rings. The van der Waals surface area contributed by atoms with Crippen molar-refractivity contribution in [1.82, 2.24) is 4.57 Å². The summed E-state index contributed by atoms with van der Waals surface area (Å²) in [6.45, 7) is 1.84. The van der Waals surface area contributed by atoms with Crippen molar-refractivity contribution in [3.63, 3.8) is 0 Å². The summed E-state index contributed by atoms with van der Waals surface area (Å²) in [6.07, 6.45) is 1.85. The fourth-order valence-electron chi connectivity index (χ4n) is 4.22. The maximum atomic E-state index is 11.1. The van der Waals surface area contributed by atoms with Crippen LogP contribution in [0.3, 0.4) is 0 Å². The highest BCUT2D eigenvalue weighted by molar-refractivity contribution is 5.94. The van der Waals surface area contributed by atoms with Gasteiger partial charge in [-0.1, -0.05) is 78.9 Å². The highest BCUT2D eigenvalue weighted by Crippen LogP contribution is 2.35. The van der Waals surface area contributed by atoms with Crippen molar-refractivity contribution in [3.8, 4) is 28.2 Å². The Balaban J connectivity index is 1.73. The predicted molar refractivity (Wildman–Crippen MR) is 142 cm³/mol. The third-order valence-corrected chi connectivity index (χ3v) is 5.90. The van der Waals surface area contributed by atoms with Gasteiger partial charge >= 0.3 is 0 Å². The van der Waals surface area contributed by atoms with Crippen LogP contribution in [0.15, 0.2) is 120 Å². The van der Waals surface area contributed by atoms with E-state index in [0.29, 0.717) is 5.69 Å². The molecular weight excluding hydrogens is 434 g/mol. The summed E-state index contributed by atoms with van der Waals surface area (Å²) < 4.78 is 2.26. The van der Waals surface area contributed by atoms with Gasteiger partial charge in [-0.2, -0.15) is 0 Å². The van der Waals surface area contributed by atoms with Gasteiger partial charge in [0, 0.05) is 29.6 Å². The Bertz CT molecular complexity index is 1510. The molecule has 35 heavy (non-hydrogen) atoms. The van der Waals surface area contributed by atoms with Gasteiger partial charge in [-0.25, -0.2) is 0 Å². The fourth-order valence-corrected chi connectivity index (χ4v) is 4.22. The lowest BCUT2D eigenvalue weighted by Gasteiger charge is -2.15. The first-order valence-electron chi connectivity index (χ1n) is 11.3. The summed E-state index contributed by atoms with van der Waals surface area (Å²) in [5.74, 6) is 0. The van der Waals surface area contributed by atoms with Crippen LogP contribution < -0.4 is 0 Å². The van der Waals surface area contributed by atoms with Gasteiger partial charge in [-0.15, -0.1) is 0 Å². The van der Waals surface area contributed by atoms with Gasteiger partial charge in [-0.05, 0) is 47.9 Å². The van der Waals surface area contributed by atoms with Crippen LogP contribution in [0.1, 0.15) is 11.1 Å². The molecule has 0 radical (unpaired) electrons. The first-order valence-corrected chi connectivity index (χ1v) is 11.3. The van der Waals surface area contributed by atoms with Crippen molar-refractivity contribution in [3.05, 3.63) is 137 Å². The Labute approximate surface area is 203 Å². The maximum absolute atomic E-state index is 11.1. The van der Waals surface area contributed by atoms with Gasteiger partial charge in [-0.3, -0.25) is 15.1 Å². The lowest BCUT2D eigenvalue weighted by Crippen LogP contribution is -2.00. The number of hydrogen-bond donors (Lipinski definition) is 0. The van der Waals surface area contributed by atoms with E-state index in [9.17, 15) is 10.1 Å². The van der Waals surface area contributed by atoms with Crippen LogP contribution in [0.25, 0.3) is 28.2 Å². The van der Waals surface area contributed by atoms with E-state index in [2.05, 4.69) is 47.0 Å². The molecule has 0 unspecified atom stereocenters. The highest BCUT2D eigenvalue weighted by atomic mass is 16.6. The molecular formula is C30H23N3O2. The molecule has 0 saturated heterocycles. The van der Waals surface area contributed by atoms with Gasteiger partial charge in [0.25, 0.3) is 5.69 Å². The molecule has 5 rings (SSSR count). The zero-order valence-corrected chi connectivity index (χ0v) is 19.2. The number of nitro benzene ring substituents is 1. The fraction of sp³-hybridized carbons (Fsp3) is 0.0333. The molecule has 0 bridgehead atoms. The Morgan fingerprint density at radius 2 is 1.37 bits per heavy atom. The second-order valence-corrected chi connectivity index (χ2v) is 8.22. The summed E-state index contributed by atoms with van der Waals surface area (Å²) in [6, 6.07) is 37.7. The molecule has 0 amide bonds. The number of nitrogens with zero attached hydrogens (tertiary/aromatic N) is 3. The number of nitro groups is 1. The number of para-hydroxylation sites is 1. The third-order valence-electron chi connectivity index (χ3n) is 5.90. The third kappa shape index (κ3) is 4.52. The zero-order valence-electron chi connectivity index (χ0n) is 19.2. The molecule has 0 aliphatic carbocycles. The quantitative estimate of drug-likeness (QED) is 0.148. The monoisotopic (exact) mass is 457 g/mol. The molecule has 5 nitrogen and oxygen atoms in total. The van der Waals surface area contributed by atoms with E-state index in [-0.39, 0.29) is 10.6 Å². The Hall–Kier alpha value is -4.77. The minimum Gasteiger partial charge on any atom is -0.309 e. The molecule has 0 aliphatic rings. The van der Waals surface area contributed by atoms with E-state index < -0.39 is 0 Å². The Morgan fingerprint density at radius 1 is 0.771 bits per heavy atom. The minimum atomic E-state index is -0.389. The normalized spacial score (nSPS) is 11.1. The standard InChI is InChI=1S/C30H23N3O2/c1-22-19-27(33(34)35)17-18-28(22)31-21-25-20-29(23-11-5-2-6-12-23)32(26-15-9-4-10-16-26)30(25)24-13-7-3-8-14-24/h2-21H,1H3. The number of rotatable bonds is 6. The largest absolute Gasteiger partial charge is 0.309 e. The van der Waals surface area contributed by atoms with Crippen LogP contribution in [0.5, 0.6) is 0 Å². The lowest BCUT2D eigenvalue weighted by molar-refractivity contribution is -0.384. The van der Waals surface area contributed by atoms with Gasteiger partial charge in [0.15, 0.2) is 0 Å². The first kappa shape index (κ1) is 22.0. The second kappa shape index (κ2) is 9.61. The molecule has 0 N–H and O–H groups in total. The first-order chi connectivity index (χ1) is 17.1. The molecule has 5 heteroatoms. The number of aromatic nitrogens is 1. The van der Waals surface area contributed by atoms with Gasteiger partial charge < -0.3 is 4.57 Å². The Morgan fingerprint density at radius 3 is 1.97 bits per heavy atom. The minimum absolute atomic E-state index is 0.0630. The molecule has 1 heterocycles. The van der Waals surface area contributed by atoms with Gasteiger partial charge in [0.1, 0.15) is 0 Å². The molecule has 0 saturated carbocycles. The van der Waals surface area contributed by atoms with Crippen LogP contribution in [0, 0.1) is 17.0 Å². The van der Waals surface area contributed by atoms with E-state index in [1.165, 1.54) is 6.07 Å². The molecule has 1 aromatic heterocycles. The molecule has 170 valence electrons. The second-order valence-electron chi connectivity index (χ2n) is 8.22. The van der Waals surface area contributed by atoms with Crippen molar-refractivity contribution >= 4 is 17.6 Å². The van der Waals surface area contributed by atoms with Gasteiger partial charge in [0.2, 0.25) is 0 Å². The van der Waals surface area contributed by atoms with Crippen LogP contribution in [0.4, 0.5) is 11.4 Å². The number of benzene rings is 4. The van der Waals surface area contributed by atoms with Crippen LogP contribution in [0.2, 0.25) is 0 Å². The van der Waals surface area contributed by atoms with Crippen molar-refractivity contribution in [2.24, 2.45) is 4.99 Å². The zero-order chi connectivity index (χ0) is 24.2. The van der Waals surface area contributed by atoms with E-state index in [0.717, 1.165) is 39.3 Å². The van der Waals surface area contributed by atoms with Crippen LogP contribution in [-0.2, 0) is 0 Å². The number of aliphatic imine (C=N–C) groups is 1. The summed E-state index contributed by atoms with van der Waals surface area (Å²) in [7, 11) is 0. The molecule has 0 aliphatic heterocycles. The summed E-state index contributed by atoms with van der Waals surface area (Å²) in [5.41, 5.74) is 7.77. The van der Waals surface area contributed by atoms with Gasteiger partial charge in [0.05, 0.1) is 22.0 Å². The van der Waals surface area contributed by atoms with Crippen molar-refractivity contribution in [1.29, 1.82) is 0 Å². The van der Waals surface area contributed by atoms with E-state index in [4.69, 9.17) is 4.99 Å². The molecule has 4 aromatic carbocycles. The maximum Gasteiger partial charge on any atom is 0.269 e. The average Bonchev–Trinajstić information content (AvgIpc) is 3.29. The number of aryl methyl sites for hydroxylation is 1.